The van der Waals surface area contributed by atoms with Gasteiger partial charge in [0.05, 0.1) is 29.0 Å². The van der Waals surface area contributed by atoms with E-state index in [1.54, 1.807) is 6.07 Å². The van der Waals surface area contributed by atoms with Gasteiger partial charge in [0.25, 0.3) is 0 Å². The molecular weight excluding hydrogens is 466 g/mol. The molecule has 2 aliphatic rings. The number of fused-ring (bicyclic) bond motifs is 1. The Kier molecular flexibility index (Phi) is 6.41. The molecule has 0 saturated carbocycles. The van der Waals surface area contributed by atoms with Crippen molar-refractivity contribution in [3.63, 3.8) is 0 Å². The minimum absolute atomic E-state index is 0.463. The number of rotatable bonds is 6. The number of pyridine rings is 2. The molecule has 6 heteroatoms. The Morgan fingerprint density at radius 3 is 2.57 bits per heavy atom. The number of aliphatic imine (C=N–C) groups is 1. The fourth-order valence-electron chi connectivity index (χ4n) is 5.00. The third kappa shape index (κ3) is 4.98. The maximum Gasteiger partial charge on any atom is 0.159 e. The predicted octanol–water partition coefficient (Wildman–Crippen LogP) is 6.52. The van der Waals surface area contributed by atoms with E-state index in [9.17, 15) is 8.78 Å². The molecule has 2 aromatic heterocycles. The average Bonchev–Trinajstić information content (AvgIpc) is 3.44. The van der Waals surface area contributed by atoms with E-state index in [4.69, 9.17) is 4.98 Å². The highest BCUT2D eigenvalue weighted by Gasteiger charge is 2.20. The van der Waals surface area contributed by atoms with Gasteiger partial charge < -0.3 is 5.32 Å². The Hall–Kier alpha value is -4.03. The largest absolute Gasteiger partial charge is 0.310 e. The fourth-order valence-corrected chi connectivity index (χ4v) is 5.00. The molecule has 37 heavy (non-hydrogen) atoms. The molecule has 0 amide bonds. The molecule has 4 nitrogen and oxygen atoms in total. The first-order chi connectivity index (χ1) is 18.1. The zero-order valence-corrected chi connectivity index (χ0v) is 20.3. The van der Waals surface area contributed by atoms with E-state index in [1.165, 1.54) is 17.2 Å². The van der Waals surface area contributed by atoms with Crippen molar-refractivity contribution >= 4 is 27.9 Å². The lowest BCUT2D eigenvalue weighted by Gasteiger charge is -2.23. The zero-order chi connectivity index (χ0) is 25.2. The van der Waals surface area contributed by atoms with E-state index < -0.39 is 11.6 Å². The van der Waals surface area contributed by atoms with Crippen molar-refractivity contribution < 1.29 is 8.78 Å². The van der Waals surface area contributed by atoms with Crippen LogP contribution < -0.4 is 5.32 Å². The summed E-state index contributed by atoms with van der Waals surface area (Å²) in [6, 6.07) is 20.8. The van der Waals surface area contributed by atoms with Crippen molar-refractivity contribution in [2.45, 2.75) is 31.8 Å². The minimum Gasteiger partial charge on any atom is -0.310 e. The second-order valence-corrected chi connectivity index (χ2v) is 9.46. The Morgan fingerprint density at radius 1 is 0.865 bits per heavy atom. The molecule has 3 heterocycles. The number of hydrogen-bond acceptors (Lipinski definition) is 4. The monoisotopic (exact) mass is 492 g/mol. The molecule has 1 aliphatic heterocycles. The summed E-state index contributed by atoms with van der Waals surface area (Å²) in [5.41, 5.74) is 8.04. The average molecular weight is 493 g/mol. The van der Waals surface area contributed by atoms with Crippen LogP contribution in [0.2, 0.25) is 0 Å². The van der Waals surface area contributed by atoms with Crippen molar-refractivity contribution in [2.75, 3.05) is 6.54 Å². The van der Waals surface area contributed by atoms with Crippen molar-refractivity contribution in [1.29, 1.82) is 0 Å². The van der Waals surface area contributed by atoms with Crippen molar-refractivity contribution in [3.05, 3.63) is 119 Å². The molecule has 0 saturated heterocycles. The first-order valence-electron chi connectivity index (χ1n) is 12.6. The highest BCUT2D eigenvalue weighted by Crippen LogP contribution is 2.30. The summed E-state index contributed by atoms with van der Waals surface area (Å²) in [4.78, 5) is 14.1. The fraction of sp³-hybridized carbons (Fsp3) is 0.194. The van der Waals surface area contributed by atoms with Crippen LogP contribution in [0.15, 0.2) is 90.1 Å². The van der Waals surface area contributed by atoms with Crippen LogP contribution in [0, 0.1) is 11.6 Å². The summed E-state index contributed by atoms with van der Waals surface area (Å²) < 4.78 is 27.3. The van der Waals surface area contributed by atoms with Crippen LogP contribution in [0.5, 0.6) is 0 Å². The number of benzene rings is 2. The highest BCUT2D eigenvalue weighted by molar-refractivity contribution is 6.32. The van der Waals surface area contributed by atoms with E-state index >= 15 is 0 Å². The summed E-state index contributed by atoms with van der Waals surface area (Å²) in [5, 5.41) is 3.67. The smallest absolute Gasteiger partial charge is 0.159 e. The molecule has 1 unspecified atom stereocenters. The summed E-state index contributed by atoms with van der Waals surface area (Å²) in [5.74, 6) is -1.75. The van der Waals surface area contributed by atoms with Crippen molar-refractivity contribution in [1.82, 2.24) is 15.3 Å². The summed E-state index contributed by atoms with van der Waals surface area (Å²) >= 11 is 0. The van der Waals surface area contributed by atoms with Gasteiger partial charge in [0, 0.05) is 29.9 Å². The van der Waals surface area contributed by atoms with E-state index in [1.807, 2.05) is 30.5 Å². The molecule has 1 aliphatic carbocycles. The first-order valence-corrected chi connectivity index (χ1v) is 12.6. The van der Waals surface area contributed by atoms with E-state index in [0.717, 1.165) is 59.7 Å². The lowest BCUT2D eigenvalue weighted by atomic mass is 9.91. The van der Waals surface area contributed by atoms with Crippen LogP contribution in [-0.2, 0) is 6.54 Å². The van der Waals surface area contributed by atoms with Crippen LogP contribution >= 0.6 is 0 Å². The number of nitrogens with zero attached hydrogens (tertiary/aromatic N) is 3. The van der Waals surface area contributed by atoms with Crippen LogP contribution in [-0.4, -0.2) is 28.3 Å². The molecule has 0 radical (unpaired) electrons. The second kappa shape index (κ2) is 10.1. The van der Waals surface area contributed by atoms with Crippen molar-refractivity contribution in [3.8, 4) is 0 Å². The molecular formula is C31H26F2N4. The Bertz CT molecular complexity index is 1560. The maximum absolute atomic E-state index is 13.9. The van der Waals surface area contributed by atoms with Crippen molar-refractivity contribution in [2.24, 2.45) is 4.99 Å². The summed E-state index contributed by atoms with van der Waals surface area (Å²) in [6.07, 6.45) is 9.24. The van der Waals surface area contributed by atoms with Gasteiger partial charge in [-0.15, -0.1) is 0 Å². The standard InChI is InChI=1S/C31H26F2N4/c32-26-11-8-22(16-27(26)33)31-25(14-15-34-31)28-12-13-29-30(37-28)17-23(19-36-29)21-6-9-24(10-7-21)35-18-20-4-2-1-3-5-20/h1-6,8,11-14,16-17,19,24,35H,7,9-10,15,18H2. The topological polar surface area (TPSA) is 50.2 Å². The van der Waals surface area contributed by atoms with Crippen LogP contribution in [0.1, 0.15) is 41.6 Å². The Morgan fingerprint density at radius 2 is 1.76 bits per heavy atom. The molecule has 6 rings (SSSR count). The number of halogens is 2. The maximum atomic E-state index is 13.9. The number of aromatic nitrogens is 2. The third-order valence-corrected chi connectivity index (χ3v) is 7.03. The van der Waals surface area contributed by atoms with Crippen LogP contribution in [0.3, 0.4) is 0 Å². The SMILES string of the molecule is Fc1ccc(C2=NCC=C2c2ccc3ncc(C4=CCC(NCc5ccccc5)CC4)cc3n2)cc1F. The van der Waals surface area contributed by atoms with E-state index in [2.05, 4.69) is 51.7 Å². The number of hydrogen-bond donors (Lipinski definition) is 1. The Labute approximate surface area is 214 Å². The van der Waals surface area contributed by atoms with E-state index in [-0.39, 0.29) is 0 Å². The van der Waals surface area contributed by atoms with Crippen LogP contribution in [0.25, 0.3) is 22.2 Å². The van der Waals surface area contributed by atoms with Gasteiger partial charge in [-0.05, 0) is 72.4 Å². The predicted molar refractivity (Wildman–Crippen MR) is 144 cm³/mol. The summed E-state index contributed by atoms with van der Waals surface area (Å²) in [7, 11) is 0. The lowest BCUT2D eigenvalue weighted by Crippen LogP contribution is -2.29. The molecule has 184 valence electrons. The number of allylic oxidation sites excluding steroid dienone is 2. The minimum atomic E-state index is -0.884. The van der Waals surface area contributed by atoms with Gasteiger partial charge in [0.1, 0.15) is 0 Å². The van der Waals surface area contributed by atoms with E-state index in [0.29, 0.717) is 23.9 Å². The normalized spacial score (nSPS) is 17.5. The van der Waals surface area contributed by atoms with Gasteiger partial charge in [-0.3, -0.25) is 9.98 Å². The molecule has 2 aromatic carbocycles. The lowest BCUT2D eigenvalue weighted by molar-refractivity contribution is 0.478. The third-order valence-electron chi connectivity index (χ3n) is 7.03. The molecule has 0 fully saturated rings. The molecule has 1 atom stereocenters. The van der Waals surface area contributed by atoms with Gasteiger partial charge in [0.15, 0.2) is 11.6 Å². The van der Waals surface area contributed by atoms with Gasteiger partial charge in [-0.1, -0.05) is 42.5 Å². The number of nitrogens with one attached hydrogen (secondary N) is 1. The first kappa shape index (κ1) is 23.4. The molecule has 0 spiro atoms. The molecule has 1 N–H and O–H groups in total. The van der Waals surface area contributed by atoms with Gasteiger partial charge in [-0.25, -0.2) is 13.8 Å². The van der Waals surface area contributed by atoms with Crippen LogP contribution in [0.4, 0.5) is 8.78 Å². The second-order valence-electron chi connectivity index (χ2n) is 9.46. The summed E-state index contributed by atoms with van der Waals surface area (Å²) in [6.45, 7) is 1.36. The van der Waals surface area contributed by atoms with Gasteiger partial charge in [0.2, 0.25) is 0 Å². The molecule has 0 bridgehead atoms. The quantitative estimate of drug-likeness (QED) is 0.333. The Balaban J connectivity index is 1.20. The molecule has 4 aromatic rings. The zero-order valence-electron chi connectivity index (χ0n) is 20.3. The van der Waals surface area contributed by atoms with Gasteiger partial charge in [-0.2, -0.15) is 0 Å². The van der Waals surface area contributed by atoms with Gasteiger partial charge >= 0.3 is 0 Å². The highest BCUT2D eigenvalue weighted by atomic mass is 19.2.